The number of benzene rings is 2. The molecule has 3 N–H and O–H groups in total. The van der Waals surface area contributed by atoms with E-state index < -0.39 is 0 Å². The number of halogens is 1. The Kier molecular flexibility index (Phi) is 6.27. The Morgan fingerprint density at radius 2 is 1.90 bits per heavy atom. The van der Waals surface area contributed by atoms with Crippen LogP contribution in [0.15, 0.2) is 53.5 Å². The topological polar surface area (TPSA) is 72.1 Å². The third kappa shape index (κ3) is 4.86. The van der Waals surface area contributed by atoms with Gasteiger partial charge in [-0.25, -0.2) is 4.39 Å². The van der Waals surface area contributed by atoms with Gasteiger partial charge in [0, 0.05) is 25.1 Å². The number of para-hydroxylation sites is 1. The molecule has 2 aromatic rings. The summed E-state index contributed by atoms with van der Waals surface area (Å²) in [5.41, 5.74) is 8.36. The maximum absolute atomic E-state index is 13.4. The third-order valence-corrected chi connectivity index (χ3v) is 5.46. The van der Waals surface area contributed by atoms with E-state index in [4.69, 9.17) is 15.2 Å². The molecule has 1 fully saturated rings. The summed E-state index contributed by atoms with van der Waals surface area (Å²) in [6.07, 6.45) is 0.831. The lowest BCUT2D eigenvalue weighted by Gasteiger charge is -2.34. The molecule has 29 heavy (non-hydrogen) atoms. The fourth-order valence-corrected chi connectivity index (χ4v) is 3.91. The van der Waals surface area contributed by atoms with Crippen LogP contribution >= 0.6 is 0 Å². The normalized spacial score (nSPS) is 21.1. The highest BCUT2D eigenvalue weighted by Crippen LogP contribution is 2.31. The summed E-state index contributed by atoms with van der Waals surface area (Å²) in [7, 11) is 0. The largest absolute Gasteiger partial charge is 0.493 e. The van der Waals surface area contributed by atoms with Crippen LogP contribution in [-0.4, -0.2) is 50.3 Å². The molecule has 4 rings (SSSR count). The van der Waals surface area contributed by atoms with Gasteiger partial charge >= 0.3 is 0 Å². The van der Waals surface area contributed by atoms with E-state index in [9.17, 15) is 4.39 Å². The van der Waals surface area contributed by atoms with Crippen molar-refractivity contribution >= 4 is 5.96 Å². The van der Waals surface area contributed by atoms with E-state index in [-0.39, 0.29) is 17.9 Å². The number of ether oxygens (including phenoxy) is 2. The molecule has 1 saturated heterocycles. The molecule has 0 bridgehead atoms. The van der Waals surface area contributed by atoms with E-state index in [1.54, 1.807) is 0 Å². The summed E-state index contributed by atoms with van der Waals surface area (Å²) in [6, 6.07) is 14.7. The standard InChI is InChI=1S/C22H27FN4O2/c23-17-7-5-16(6-8-17)20(27-10-13-28-14-11-27)15-25-22(24)26-19-9-12-29-21-4-2-1-3-18(19)21/h1-8,19-20H,9-15H2,(H3,24,25,26). The van der Waals surface area contributed by atoms with Gasteiger partial charge in [0.15, 0.2) is 5.96 Å². The van der Waals surface area contributed by atoms with Crippen molar-refractivity contribution in [3.63, 3.8) is 0 Å². The van der Waals surface area contributed by atoms with Gasteiger partial charge in [-0.1, -0.05) is 30.3 Å². The number of morpholine rings is 1. The van der Waals surface area contributed by atoms with Crippen molar-refractivity contribution in [1.29, 1.82) is 0 Å². The molecule has 2 aliphatic heterocycles. The predicted molar refractivity (Wildman–Crippen MR) is 110 cm³/mol. The maximum Gasteiger partial charge on any atom is 0.189 e. The van der Waals surface area contributed by atoms with E-state index in [2.05, 4.69) is 21.3 Å². The lowest BCUT2D eigenvalue weighted by Crippen LogP contribution is -2.41. The zero-order valence-electron chi connectivity index (χ0n) is 16.4. The molecule has 2 aliphatic rings. The molecule has 6 nitrogen and oxygen atoms in total. The van der Waals surface area contributed by atoms with Crippen molar-refractivity contribution < 1.29 is 13.9 Å². The second-order valence-corrected chi connectivity index (χ2v) is 7.31. The van der Waals surface area contributed by atoms with Gasteiger partial charge in [0.2, 0.25) is 0 Å². The second kappa shape index (κ2) is 9.24. The van der Waals surface area contributed by atoms with Crippen LogP contribution in [-0.2, 0) is 4.74 Å². The quantitative estimate of drug-likeness (QED) is 0.598. The molecule has 0 saturated carbocycles. The smallest absolute Gasteiger partial charge is 0.189 e. The third-order valence-electron chi connectivity index (χ3n) is 5.46. The Labute approximate surface area is 170 Å². The minimum Gasteiger partial charge on any atom is -0.493 e. The summed E-state index contributed by atoms with van der Waals surface area (Å²) in [4.78, 5) is 6.95. The molecule has 7 heteroatoms. The Hall–Kier alpha value is -2.64. The number of nitrogens with zero attached hydrogens (tertiary/aromatic N) is 2. The molecule has 154 valence electrons. The van der Waals surface area contributed by atoms with Gasteiger partial charge in [0.1, 0.15) is 11.6 Å². The Bertz CT molecular complexity index is 837. The SMILES string of the molecule is NC(=NCC(c1ccc(F)cc1)N1CCOCC1)NC1CCOc2ccccc21. The van der Waals surface area contributed by atoms with Crippen LogP contribution in [0.1, 0.15) is 29.6 Å². The molecule has 0 spiro atoms. The fraction of sp³-hybridized carbons (Fsp3) is 0.409. The molecule has 0 amide bonds. The summed E-state index contributed by atoms with van der Waals surface area (Å²) >= 11 is 0. The molecule has 0 aromatic heterocycles. The highest BCUT2D eigenvalue weighted by Gasteiger charge is 2.24. The van der Waals surface area contributed by atoms with E-state index in [1.807, 2.05) is 30.3 Å². The van der Waals surface area contributed by atoms with Gasteiger partial charge in [-0.3, -0.25) is 9.89 Å². The van der Waals surface area contributed by atoms with Gasteiger partial charge in [-0.05, 0) is 23.8 Å². The summed E-state index contributed by atoms with van der Waals surface area (Å²) in [6.45, 7) is 4.15. The first-order valence-electron chi connectivity index (χ1n) is 10.1. The van der Waals surface area contributed by atoms with Crippen molar-refractivity contribution in [3.05, 3.63) is 65.5 Å². The highest BCUT2D eigenvalue weighted by molar-refractivity contribution is 5.78. The number of rotatable bonds is 5. The van der Waals surface area contributed by atoms with Crippen LogP contribution in [0.2, 0.25) is 0 Å². The first-order valence-corrected chi connectivity index (χ1v) is 10.1. The molecule has 2 aromatic carbocycles. The van der Waals surface area contributed by atoms with Crippen LogP contribution in [0.4, 0.5) is 4.39 Å². The van der Waals surface area contributed by atoms with Crippen molar-refractivity contribution in [2.24, 2.45) is 10.7 Å². The predicted octanol–water partition coefficient (Wildman–Crippen LogP) is 2.63. The van der Waals surface area contributed by atoms with Gasteiger partial charge in [-0.2, -0.15) is 0 Å². The summed E-state index contributed by atoms with van der Waals surface area (Å²) in [5, 5.41) is 3.34. The van der Waals surface area contributed by atoms with Crippen molar-refractivity contribution in [1.82, 2.24) is 10.2 Å². The molecule has 2 atom stereocenters. The molecule has 2 unspecified atom stereocenters. The first-order chi connectivity index (χ1) is 14.2. The van der Waals surface area contributed by atoms with Crippen molar-refractivity contribution in [2.45, 2.75) is 18.5 Å². The van der Waals surface area contributed by atoms with Gasteiger partial charge in [-0.15, -0.1) is 0 Å². The molecule has 0 radical (unpaired) electrons. The van der Waals surface area contributed by atoms with Crippen molar-refractivity contribution in [3.8, 4) is 5.75 Å². The average molecular weight is 398 g/mol. The second-order valence-electron chi connectivity index (χ2n) is 7.31. The number of guanidine groups is 1. The van der Waals surface area contributed by atoms with Crippen LogP contribution in [0, 0.1) is 5.82 Å². The number of nitrogens with two attached hydrogens (primary N) is 1. The highest BCUT2D eigenvalue weighted by atomic mass is 19.1. The summed E-state index contributed by atoms with van der Waals surface area (Å²) in [5.74, 6) is 1.06. The minimum atomic E-state index is -0.239. The van der Waals surface area contributed by atoms with Gasteiger partial charge in [0.25, 0.3) is 0 Å². The number of nitrogens with one attached hydrogen (secondary N) is 1. The van der Waals surface area contributed by atoms with Crippen LogP contribution < -0.4 is 15.8 Å². The zero-order valence-corrected chi connectivity index (χ0v) is 16.4. The first kappa shape index (κ1) is 19.7. The van der Waals surface area contributed by atoms with Crippen LogP contribution in [0.5, 0.6) is 5.75 Å². The molecule has 2 heterocycles. The zero-order chi connectivity index (χ0) is 20.1. The van der Waals surface area contributed by atoms with E-state index in [0.717, 1.165) is 36.4 Å². The van der Waals surface area contributed by atoms with E-state index >= 15 is 0 Å². The number of fused-ring (bicyclic) bond motifs is 1. The van der Waals surface area contributed by atoms with Gasteiger partial charge in [0.05, 0.1) is 38.4 Å². The summed E-state index contributed by atoms with van der Waals surface area (Å²) < 4.78 is 24.6. The fourth-order valence-electron chi connectivity index (χ4n) is 3.91. The Morgan fingerprint density at radius 3 is 2.69 bits per heavy atom. The molecular formula is C22H27FN4O2. The Balaban J connectivity index is 1.47. The maximum atomic E-state index is 13.4. The van der Waals surface area contributed by atoms with Crippen molar-refractivity contribution in [2.75, 3.05) is 39.5 Å². The lowest BCUT2D eigenvalue weighted by atomic mass is 10.0. The number of hydrogen-bond acceptors (Lipinski definition) is 4. The van der Waals surface area contributed by atoms with Crippen LogP contribution in [0.3, 0.4) is 0 Å². The van der Waals surface area contributed by atoms with E-state index in [0.29, 0.717) is 32.3 Å². The molecule has 0 aliphatic carbocycles. The number of hydrogen-bond donors (Lipinski definition) is 2. The van der Waals surface area contributed by atoms with Gasteiger partial charge < -0.3 is 20.5 Å². The lowest BCUT2D eigenvalue weighted by molar-refractivity contribution is 0.0179. The molecular weight excluding hydrogens is 371 g/mol. The van der Waals surface area contributed by atoms with Crippen LogP contribution in [0.25, 0.3) is 0 Å². The average Bonchev–Trinajstić information content (AvgIpc) is 2.76. The number of aliphatic imine (C=N–C) groups is 1. The monoisotopic (exact) mass is 398 g/mol. The minimum absolute atomic E-state index is 0.0295. The van der Waals surface area contributed by atoms with E-state index in [1.165, 1.54) is 12.1 Å². The Morgan fingerprint density at radius 1 is 1.14 bits per heavy atom.